The Bertz CT molecular complexity index is 2650. The number of benzene rings is 3. The van der Waals surface area contributed by atoms with E-state index in [0.29, 0.717) is 96.4 Å². The average molecular weight is 1230 g/mol. The van der Waals surface area contributed by atoms with Gasteiger partial charge >= 0.3 is 0 Å². The molecule has 6 amide bonds. The molecule has 0 aromatic heterocycles. The number of rotatable bonds is 8. The van der Waals surface area contributed by atoms with Gasteiger partial charge in [0.15, 0.2) is 0 Å². The molecule has 0 radical (unpaired) electrons. The van der Waals surface area contributed by atoms with E-state index in [9.17, 15) is 72.2 Å². The molecule has 4 aliphatic carbocycles. The van der Waals surface area contributed by atoms with Crippen molar-refractivity contribution in [2.24, 2.45) is 41.4 Å². The number of hydrogen-bond acceptors (Lipinski definition) is 10. The monoisotopic (exact) mass is 1230 g/mol. The van der Waals surface area contributed by atoms with Crippen LogP contribution >= 0.6 is 23.7 Å². The van der Waals surface area contributed by atoms with Gasteiger partial charge in [0, 0.05) is 85.9 Å². The van der Waals surface area contributed by atoms with Crippen molar-refractivity contribution in [3.63, 3.8) is 0 Å². The average Bonchev–Trinajstić information content (AvgIpc) is 4.15. The molecular formula is C60H80ClF7N4O9S2. The molecule has 13 nitrogen and oxygen atoms in total. The zero-order chi connectivity index (χ0) is 60.2. The molecule has 0 saturated heterocycles. The number of nitrogens with zero attached hydrogens (tertiary/aromatic N) is 3. The van der Waals surface area contributed by atoms with Crippen molar-refractivity contribution in [2.75, 3.05) is 38.1 Å². The van der Waals surface area contributed by atoms with Gasteiger partial charge in [0.25, 0.3) is 53.2 Å². The lowest BCUT2D eigenvalue weighted by molar-refractivity contribution is -0.128. The third-order valence-electron chi connectivity index (χ3n) is 16.2. The summed E-state index contributed by atoms with van der Waals surface area (Å²) in [4.78, 5) is 85.6. The maximum atomic E-state index is 14.2. The van der Waals surface area contributed by atoms with Crippen molar-refractivity contribution in [3.05, 3.63) is 106 Å². The molecule has 7 aliphatic rings. The van der Waals surface area contributed by atoms with Crippen LogP contribution in [0.1, 0.15) is 188 Å². The van der Waals surface area contributed by atoms with E-state index in [1.165, 1.54) is 33.4 Å². The molecule has 1 N–H and O–H groups in total. The first-order valence-corrected chi connectivity index (χ1v) is 30.8. The second kappa shape index (κ2) is 31.3. The molecule has 3 heterocycles. The van der Waals surface area contributed by atoms with E-state index in [0.717, 1.165) is 46.6 Å². The topological polar surface area (TPSA) is 175 Å². The zero-order valence-corrected chi connectivity index (χ0v) is 48.7. The third-order valence-corrected chi connectivity index (χ3v) is 17.1. The summed E-state index contributed by atoms with van der Waals surface area (Å²) >= 11 is 5.72. The Morgan fingerprint density at radius 2 is 0.795 bits per heavy atom. The summed E-state index contributed by atoms with van der Waals surface area (Å²) in [7, 11) is -3.37. The molecule has 3 unspecified atom stereocenters. The fraction of sp³-hybridized carbons (Fsp3) is 0.583. The first-order valence-electron chi connectivity index (χ1n) is 27.2. The number of hydrogen-bond donors (Lipinski definition) is 1. The molecule has 23 heteroatoms. The van der Waals surface area contributed by atoms with Crippen LogP contribution in [-0.4, -0.2) is 120 Å². The van der Waals surface area contributed by atoms with E-state index >= 15 is 0 Å². The van der Waals surface area contributed by atoms with Crippen LogP contribution < -0.4 is 4.72 Å². The van der Waals surface area contributed by atoms with Gasteiger partial charge in [0.1, 0.15) is 11.8 Å². The van der Waals surface area contributed by atoms with Gasteiger partial charge in [0.2, 0.25) is 10.0 Å². The lowest BCUT2D eigenvalue weighted by atomic mass is 9.78. The molecule has 3 aromatic rings. The Labute approximate surface area is 493 Å². The third kappa shape index (κ3) is 17.5. The largest absolute Gasteiger partial charge is 0.299 e. The number of imide groups is 3. The van der Waals surface area contributed by atoms with Gasteiger partial charge in [-0.05, 0) is 87.8 Å². The lowest BCUT2D eigenvalue weighted by Gasteiger charge is -2.37. The predicted octanol–water partition coefficient (Wildman–Crippen LogP) is 14.1. The van der Waals surface area contributed by atoms with Crippen LogP contribution in [0.2, 0.25) is 0 Å². The molecule has 10 rings (SSSR count). The number of Topliss-reactive ketones (excluding diaryl/α,β-unsaturated/α-hetero) is 1. The molecule has 4 saturated carbocycles. The maximum Gasteiger partial charge on any atom is 0.262 e. The summed E-state index contributed by atoms with van der Waals surface area (Å²) in [6.07, 6.45) is 11.5. The van der Waals surface area contributed by atoms with Gasteiger partial charge in [0.05, 0.1) is 39.6 Å². The van der Waals surface area contributed by atoms with Crippen molar-refractivity contribution >= 4 is 75.0 Å². The van der Waals surface area contributed by atoms with Gasteiger partial charge in [-0.15, -0.1) is 11.6 Å². The molecule has 3 aromatic carbocycles. The normalized spacial score (nSPS) is 25.3. The summed E-state index contributed by atoms with van der Waals surface area (Å²) in [6.45, 7) is 6.08. The van der Waals surface area contributed by atoms with E-state index in [4.69, 9.17) is 11.6 Å². The highest BCUT2D eigenvalue weighted by molar-refractivity contribution is 7.93. The highest BCUT2D eigenvalue weighted by Gasteiger charge is 2.51. The van der Waals surface area contributed by atoms with Crippen molar-refractivity contribution in [1.29, 1.82) is 0 Å². The highest BCUT2D eigenvalue weighted by Crippen LogP contribution is 2.46. The van der Waals surface area contributed by atoms with Crippen LogP contribution in [0.5, 0.6) is 0 Å². The molecular weight excluding hydrogens is 1150 g/mol. The predicted molar refractivity (Wildman–Crippen MR) is 309 cm³/mol. The molecule has 83 heavy (non-hydrogen) atoms. The number of halogens is 8. The summed E-state index contributed by atoms with van der Waals surface area (Å²) in [5, 5.41) is 0. The van der Waals surface area contributed by atoms with E-state index in [2.05, 4.69) is 4.72 Å². The number of carbonyl (C=O) groups is 7. The first kappa shape index (κ1) is 72.1. The van der Waals surface area contributed by atoms with Crippen LogP contribution in [0.25, 0.3) is 0 Å². The minimum atomic E-state index is -3.37. The van der Waals surface area contributed by atoms with Crippen molar-refractivity contribution < 1.29 is 72.2 Å². The van der Waals surface area contributed by atoms with Gasteiger partial charge in [-0.3, -0.25) is 48.3 Å². The van der Waals surface area contributed by atoms with Crippen LogP contribution in [0.15, 0.2) is 72.8 Å². The van der Waals surface area contributed by atoms with Gasteiger partial charge in [-0.1, -0.05) is 105 Å². The van der Waals surface area contributed by atoms with Gasteiger partial charge in [-0.25, -0.2) is 39.5 Å². The first-order chi connectivity index (χ1) is 38.1. The second-order valence-electron chi connectivity index (χ2n) is 21.7. The SMILES string of the molecule is C.C.CC1CCCC(CN2C(=O)c3ccccc3C2=O)C1(F)F.CC1CCCCC1=O.CSF.C[C@H]1CCC[C@@H](CN2C(=O)c3ccccc3C2=O)C1(F)F.C[C@H]1CCC[C@@H](CNS(C)(=O)=O)C1(F)F.O=C1c2ccccc2C(=O)N1CCl. The Hall–Kier alpha value is -5.19. The smallest absolute Gasteiger partial charge is 0.262 e. The van der Waals surface area contributed by atoms with Crippen molar-refractivity contribution in [2.45, 2.75) is 144 Å². The van der Waals surface area contributed by atoms with E-state index in [1.54, 1.807) is 72.8 Å². The fourth-order valence-corrected chi connectivity index (χ4v) is 11.8. The number of ketones is 1. The van der Waals surface area contributed by atoms with Crippen molar-refractivity contribution in [1.82, 2.24) is 19.4 Å². The maximum absolute atomic E-state index is 14.2. The number of fused-ring (bicyclic) bond motifs is 3. The van der Waals surface area contributed by atoms with Gasteiger partial charge in [-0.2, -0.15) is 3.89 Å². The van der Waals surface area contributed by atoms with E-state index in [1.807, 2.05) is 6.92 Å². The summed E-state index contributed by atoms with van der Waals surface area (Å²) in [5.41, 5.74) is 2.13. The Morgan fingerprint density at radius 3 is 1.06 bits per heavy atom. The number of alkyl halides is 7. The summed E-state index contributed by atoms with van der Waals surface area (Å²) in [5.74, 6) is -14.8. The number of sulfonamides is 1. The molecule has 7 atom stereocenters. The Kier molecular flexibility index (Phi) is 27.2. The second-order valence-corrected chi connectivity index (χ2v) is 24.1. The summed E-state index contributed by atoms with van der Waals surface area (Å²) < 4.78 is 118. The number of carbonyl (C=O) groups excluding carboxylic acids is 7. The van der Waals surface area contributed by atoms with E-state index in [-0.39, 0.29) is 64.5 Å². The number of amides is 6. The zero-order valence-electron chi connectivity index (χ0n) is 46.3. The quantitative estimate of drug-likeness (QED) is 0.0989. The van der Waals surface area contributed by atoms with Crippen LogP contribution in [0, 0.1) is 41.4 Å². The van der Waals surface area contributed by atoms with Crippen LogP contribution in [0.3, 0.4) is 0 Å². The lowest BCUT2D eigenvalue weighted by Crippen LogP contribution is -2.46. The minimum Gasteiger partial charge on any atom is -0.299 e. The number of nitrogens with one attached hydrogen (secondary N) is 1. The fourth-order valence-electron chi connectivity index (χ4n) is 11.0. The minimum absolute atomic E-state index is 0. The van der Waals surface area contributed by atoms with Crippen LogP contribution in [0.4, 0.5) is 30.2 Å². The van der Waals surface area contributed by atoms with E-state index < -0.39 is 86.9 Å². The van der Waals surface area contributed by atoms with Gasteiger partial charge < -0.3 is 0 Å². The van der Waals surface area contributed by atoms with Crippen LogP contribution in [-0.2, 0) is 14.8 Å². The summed E-state index contributed by atoms with van der Waals surface area (Å²) in [6, 6.07) is 19.6. The molecule has 3 aliphatic heterocycles. The molecule has 0 spiro atoms. The Balaban J connectivity index is 0.000000275. The molecule has 0 bridgehead atoms. The van der Waals surface area contributed by atoms with Crippen molar-refractivity contribution in [3.8, 4) is 0 Å². The highest BCUT2D eigenvalue weighted by atomic mass is 35.5. The Morgan fingerprint density at radius 1 is 0.506 bits per heavy atom. The standard InChI is InChI=1S/2C16H17F2NO2.C9H6ClNO2.C9H17F2NO2S.C7H12O.CH3FS.2CH4/c2*1-10-5-4-6-11(16(10,17)18)9-19-14(20)12-7-2-3-8-13(12)15(19)21;10-5-11-8(12)6-3-1-2-4-7(6)9(11)13;1-7-4-3-5-8(9(7,10)11)6-12-15(2,13)14;1-6-4-2-3-5-7(6)8;1-3-2;;/h2*2-3,7-8,10-11H,4-6,9H2,1H3;1-4H,5H2;7-8,12H,3-6H2,1-2H3;6H,2-5H2,1H3;1H3;2*1H4/t10-,11-;;;7-,8-;;;;/m0..0..../s1. The molecule has 4 fully saturated rings. The molecule has 462 valence electrons.